The van der Waals surface area contributed by atoms with Crippen LogP contribution in [0.4, 0.5) is 0 Å². The lowest BCUT2D eigenvalue weighted by Crippen LogP contribution is -2.06. The zero-order valence-corrected chi connectivity index (χ0v) is 9.65. The van der Waals surface area contributed by atoms with Crippen LogP contribution in [0.15, 0.2) is 6.20 Å². The van der Waals surface area contributed by atoms with Crippen LogP contribution in [0.2, 0.25) is 0 Å². The molecule has 1 aliphatic carbocycles. The van der Waals surface area contributed by atoms with E-state index >= 15 is 0 Å². The third-order valence-electron chi connectivity index (χ3n) is 3.35. The van der Waals surface area contributed by atoms with Crippen molar-refractivity contribution >= 4 is 5.97 Å². The van der Waals surface area contributed by atoms with Crippen LogP contribution in [0.5, 0.6) is 0 Å². The lowest BCUT2D eigenvalue weighted by atomic mass is 9.92. The standard InChI is InChI=1S/C12H18N2O2/c1-14-8-10(11(13-14)12(15)16)9-6-4-2-3-5-7-9/h8-9H,2-7H2,1H3,(H,15,16). The summed E-state index contributed by atoms with van der Waals surface area (Å²) in [5.74, 6) is -0.512. The Bertz CT molecular complexity index is 376. The smallest absolute Gasteiger partial charge is 0.356 e. The van der Waals surface area contributed by atoms with Crippen LogP contribution in [0.1, 0.15) is 60.5 Å². The van der Waals surface area contributed by atoms with Crippen LogP contribution < -0.4 is 0 Å². The Labute approximate surface area is 95.3 Å². The topological polar surface area (TPSA) is 55.1 Å². The van der Waals surface area contributed by atoms with Gasteiger partial charge >= 0.3 is 5.97 Å². The fourth-order valence-corrected chi connectivity index (χ4v) is 2.56. The largest absolute Gasteiger partial charge is 0.476 e. The van der Waals surface area contributed by atoms with Crippen molar-refractivity contribution in [3.63, 3.8) is 0 Å². The first-order chi connectivity index (χ1) is 7.68. The maximum absolute atomic E-state index is 11.1. The molecule has 0 atom stereocenters. The molecule has 1 fully saturated rings. The minimum atomic E-state index is -0.903. The molecule has 1 heterocycles. The van der Waals surface area contributed by atoms with Crippen molar-refractivity contribution in [1.29, 1.82) is 0 Å². The fraction of sp³-hybridized carbons (Fsp3) is 0.667. The lowest BCUT2D eigenvalue weighted by Gasteiger charge is -2.12. The van der Waals surface area contributed by atoms with Gasteiger partial charge in [-0.25, -0.2) is 4.79 Å². The zero-order valence-electron chi connectivity index (χ0n) is 9.65. The van der Waals surface area contributed by atoms with E-state index in [1.807, 2.05) is 6.20 Å². The van der Waals surface area contributed by atoms with E-state index in [2.05, 4.69) is 5.10 Å². The van der Waals surface area contributed by atoms with Crippen molar-refractivity contribution in [2.45, 2.75) is 44.4 Å². The molecular formula is C12H18N2O2. The highest BCUT2D eigenvalue weighted by Crippen LogP contribution is 2.32. The van der Waals surface area contributed by atoms with E-state index in [0.29, 0.717) is 5.92 Å². The number of aromatic nitrogens is 2. The maximum atomic E-state index is 11.1. The Hall–Kier alpha value is -1.32. The SMILES string of the molecule is Cn1cc(C2CCCCCC2)c(C(=O)O)n1. The molecule has 1 aromatic heterocycles. The number of carbonyl (C=O) groups is 1. The van der Waals surface area contributed by atoms with Crippen LogP contribution in [-0.4, -0.2) is 20.9 Å². The van der Waals surface area contributed by atoms with Crippen molar-refractivity contribution in [1.82, 2.24) is 9.78 Å². The molecule has 1 aromatic rings. The van der Waals surface area contributed by atoms with E-state index < -0.39 is 5.97 Å². The monoisotopic (exact) mass is 222 g/mol. The average Bonchev–Trinajstić information content (AvgIpc) is 2.49. The van der Waals surface area contributed by atoms with Gasteiger partial charge in [-0.05, 0) is 18.8 Å². The van der Waals surface area contributed by atoms with Crippen LogP contribution in [0.3, 0.4) is 0 Å². The molecule has 0 saturated heterocycles. The lowest BCUT2D eigenvalue weighted by molar-refractivity contribution is 0.0687. The van der Waals surface area contributed by atoms with Crippen LogP contribution >= 0.6 is 0 Å². The second-order valence-corrected chi connectivity index (χ2v) is 4.60. The average molecular weight is 222 g/mol. The molecule has 0 aliphatic heterocycles. The number of nitrogens with zero attached hydrogens (tertiary/aromatic N) is 2. The molecule has 0 spiro atoms. The van der Waals surface area contributed by atoms with Gasteiger partial charge in [0.2, 0.25) is 0 Å². The van der Waals surface area contributed by atoms with Gasteiger partial charge in [0.1, 0.15) is 0 Å². The summed E-state index contributed by atoms with van der Waals surface area (Å²) < 4.78 is 1.61. The van der Waals surface area contributed by atoms with Gasteiger partial charge in [-0.15, -0.1) is 0 Å². The number of carboxylic acids is 1. The Morgan fingerprint density at radius 3 is 2.56 bits per heavy atom. The molecule has 0 unspecified atom stereocenters. The van der Waals surface area contributed by atoms with Gasteiger partial charge in [0.25, 0.3) is 0 Å². The summed E-state index contributed by atoms with van der Waals surface area (Å²) in [6.45, 7) is 0. The summed E-state index contributed by atoms with van der Waals surface area (Å²) in [4.78, 5) is 11.1. The Balaban J connectivity index is 2.26. The molecule has 1 N–H and O–H groups in total. The van der Waals surface area contributed by atoms with E-state index in [9.17, 15) is 4.79 Å². The number of aryl methyl sites for hydroxylation is 1. The molecule has 4 heteroatoms. The Morgan fingerprint density at radius 1 is 1.38 bits per heavy atom. The fourth-order valence-electron chi connectivity index (χ4n) is 2.56. The highest BCUT2D eigenvalue weighted by Gasteiger charge is 2.23. The number of hydrogen-bond donors (Lipinski definition) is 1. The maximum Gasteiger partial charge on any atom is 0.356 e. The normalized spacial score (nSPS) is 18.3. The van der Waals surface area contributed by atoms with Crippen molar-refractivity contribution in [2.75, 3.05) is 0 Å². The van der Waals surface area contributed by atoms with Gasteiger partial charge < -0.3 is 5.11 Å². The first kappa shape index (κ1) is 11.2. The first-order valence-electron chi connectivity index (χ1n) is 5.95. The van der Waals surface area contributed by atoms with E-state index in [1.165, 1.54) is 25.7 Å². The van der Waals surface area contributed by atoms with Gasteiger partial charge in [-0.2, -0.15) is 5.10 Å². The predicted octanol–water partition coefficient (Wildman–Crippen LogP) is 2.56. The van der Waals surface area contributed by atoms with E-state index in [-0.39, 0.29) is 5.69 Å². The summed E-state index contributed by atoms with van der Waals surface area (Å²) in [6.07, 6.45) is 9.05. The highest BCUT2D eigenvalue weighted by molar-refractivity contribution is 5.87. The Kier molecular flexibility index (Phi) is 3.27. The second-order valence-electron chi connectivity index (χ2n) is 4.60. The van der Waals surface area contributed by atoms with E-state index in [0.717, 1.165) is 18.4 Å². The van der Waals surface area contributed by atoms with Crippen molar-refractivity contribution in [3.05, 3.63) is 17.5 Å². The van der Waals surface area contributed by atoms with Gasteiger partial charge in [0.05, 0.1) is 0 Å². The number of carboxylic acid groups (broad SMARTS) is 1. The van der Waals surface area contributed by atoms with E-state index in [1.54, 1.807) is 11.7 Å². The quantitative estimate of drug-likeness (QED) is 0.782. The predicted molar refractivity (Wildman–Crippen MR) is 60.6 cm³/mol. The third-order valence-corrected chi connectivity index (χ3v) is 3.35. The number of rotatable bonds is 2. The third kappa shape index (κ3) is 2.26. The van der Waals surface area contributed by atoms with Crippen molar-refractivity contribution in [3.8, 4) is 0 Å². The molecule has 4 nitrogen and oxygen atoms in total. The Morgan fingerprint density at radius 2 is 2.00 bits per heavy atom. The zero-order chi connectivity index (χ0) is 11.5. The van der Waals surface area contributed by atoms with Gasteiger partial charge in [0.15, 0.2) is 5.69 Å². The second kappa shape index (κ2) is 4.68. The first-order valence-corrected chi connectivity index (χ1v) is 5.95. The molecule has 1 saturated carbocycles. The van der Waals surface area contributed by atoms with E-state index in [4.69, 9.17) is 5.11 Å². The van der Waals surface area contributed by atoms with Crippen LogP contribution in [0, 0.1) is 0 Å². The van der Waals surface area contributed by atoms with Crippen LogP contribution in [0.25, 0.3) is 0 Å². The molecule has 88 valence electrons. The van der Waals surface area contributed by atoms with Crippen LogP contribution in [-0.2, 0) is 7.05 Å². The van der Waals surface area contributed by atoms with Gasteiger partial charge in [0, 0.05) is 18.8 Å². The number of hydrogen-bond acceptors (Lipinski definition) is 2. The van der Waals surface area contributed by atoms with Gasteiger partial charge in [-0.1, -0.05) is 25.7 Å². The molecule has 1 aliphatic rings. The molecule has 0 bridgehead atoms. The molecular weight excluding hydrogens is 204 g/mol. The number of aromatic carboxylic acids is 1. The summed E-state index contributed by atoms with van der Waals surface area (Å²) >= 11 is 0. The van der Waals surface area contributed by atoms with Crippen molar-refractivity contribution in [2.24, 2.45) is 7.05 Å². The molecule has 2 rings (SSSR count). The minimum Gasteiger partial charge on any atom is -0.476 e. The summed E-state index contributed by atoms with van der Waals surface area (Å²) in [7, 11) is 1.78. The summed E-state index contributed by atoms with van der Waals surface area (Å²) in [5.41, 5.74) is 1.17. The summed E-state index contributed by atoms with van der Waals surface area (Å²) in [5, 5.41) is 13.1. The highest BCUT2D eigenvalue weighted by atomic mass is 16.4. The molecule has 0 radical (unpaired) electrons. The molecule has 16 heavy (non-hydrogen) atoms. The molecule has 0 aromatic carbocycles. The summed E-state index contributed by atoms with van der Waals surface area (Å²) in [6, 6.07) is 0. The minimum absolute atomic E-state index is 0.245. The van der Waals surface area contributed by atoms with Crippen molar-refractivity contribution < 1.29 is 9.90 Å². The molecule has 0 amide bonds. The van der Waals surface area contributed by atoms with Gasteiger partial charge in [-0.3, -0.25) is 4.68 Å².